The highest BCUT2D eigenvalue weighted by Crippen LogP contribution is 2.30. The lowest BCUT2D eigenvalue weighted by Crippen LogP contribution is -2.38. The van der Waals surface area contributed by atoms with Gasteiger partial charge in [0.2, 0.25) is 0 Å². The van der Waals surface area contributed by atoms with Crippen molar-refractivity contribution in [2.45, 2.75) is 45.3 Å². The van der Waals surface area contributed by atoms with Crippen LogP contribution in [0.2, 0.25) is 5.15 Å². The molecule has 2 heterocycles. The van der Waals surface area contributed by atoms with Crippen molar-refractivity contribution in [2.24, 2.45) is 0 Å². The molecular formula is C14H22ClN3S. The van der Waals surface area contributed by atoms with Gasteiger partial charge in [-0.05, 0) is 13.3 Å². The van der Waals surface area contributed by atoms with Crippen LogP contribution in [0.3, 0.4) is 0 Å². The normalized spacial score (nSPS) is 20.1. The van der Waals surface area contributed by atoms with Crippen LogP contribution in [-0.2, 0) is 0 Å². The number of nitrogens with zero attached hydrogens (tertiary/aromatic N) is 3. The molecule has 0 N–H and O–H groups in total. The van der Waals surface area contributed by atoms with Gasteiger partial charge in [-0.25, -0.2) is 9.97 Å². The van der Waals surface area contributed by atoms with E-state index >= 15 is 0 Å². The molecule has 0 aliphatic carbocycles. The molecule has 0 amide bonds. The standard InChI is InChI=1S/C14H22ClN3S/c1-5-11-8-18(6-7-19-11)14-10(4)12(15)16-13(17-14)9(2)3/h9,11H,5-8H2,1-4H3. The van der Waals surface area contributed by atoms with Crippen LogP contribution < -0.4 is 4.90 Å². The van der Waals surface area contributed by atoms with Crippen LogP contribution in [0, 0.1) is 6.92 Å². The zero-order valence-corrected chi connectivity index (χ0v) is 13.7. The first-order valence-electron chi connectivity index (χ1n) is 6.93. The lowest BCUT2D eigenvalue weighted by atomic mass is 10.2. The predicted octanol–water partition coefficient (Wildman–Crippen LogP) is 3.89. The molecule has 1 fully saturated rings. The maximum atomic E-state index is 6.27. The summed E-state index contributed by atoms with van der Waals surface area (Å²) in [7, 11) is 0. The van der Waals surface area contributed by atoms with E-state index in [0.29, 0.717) is 16.3 Å². The average molecular weight is 300 g/mol. The molecule has 0 bridgehead atoms. The third kappa shape index (κ3) is 3.34. The maximum Gasteiger partial charge on any atom is 0.137 e. The lowest BCUT2D eigenvalue weighted by molar-refractivity contribution is 0.702. The Morgan fingerprint density at radius 1 is 1.42 bits per heavy atom. The zero-order chi connectivity index (χ0) is 14.0. The average Bonchev–Trinajstić information content (AvgIpc) is 2.41. The summed E-state index contributed by atoms with van der Waals surface area (Å²) in [6.45, 7) is 10.6. The first kappa shape index (κ1) is 14.9. The van der Waals surface area contributed by atoms with E-state index in [9.17, 15) is 0 Å². The number of hydrogen-bond donors (Lipinski definition) is 0. The van der Waals surface area contributed by atoms with Gasteiger partial charge < -0.3 is 4.90 Å². The van der Waals surface area contributed by atoms with Gasteiger partial charge in [0, 0.05) is 35.6 Å². The Balaban J connectivity index is 2.32. The molecule has 106 valence electrons. The fourth-order valence-electron chi connectivity index (χ4n) is 2.22. The Morgan fingerprint density at radius 2 is 2.16 bits per heavy atom. The SMILES string of the molecule is CCC1CN(c2nc(C(C)C)nc(Cl)c2C)CCS1. The third-order valence-corrected chi connectivity index (χ3v) is 5.23. The van der Waals surface area contributed by atoms with Gasteiger partial charge in [0.15, 0.2) is 0 Å². The Bertz CT molecular complexity index is 451. The van der Waals surface area contributed by atoms with Crippen molar-refractivity contribution >= 4 is 29.2 Å². The third-order valence-electron chi connectivity index (χ3n) is 3.49. The summed E-state index contributed by atoms with van der Waals surface area (Å²) in [6.07, 6.45) is 1.20. The number of halogens is 1. The molecule has 0 aromatic carbocycles. The molecule has 0 radical (unpaired) electrons. The molecule has 19 heavy (non-hydrogen) atoms. The Labute approximate surface area is 125 Å². The molecule has 1 unspecified atom stereocenters. The second-order valence-corrected chi connectivity index (χ2v) is 7.09. The van der Waals surface area contributed by atoms with Crippen LogP contribution in [0.1, 0.15) is 44.5 Å². The molecular weight excluding hydrogens is 278 g/mol. The van der Waals surface area contributed by atoms with Gasteiger partial charge in [-0.1, -0.05) is 32.4 Å². The Morgan fingerprint density at radius 3 is 2.79 bits per heavy atom. The molecule has 0 spiro atoms. The minimum absolute atomic E-state index is 0.304. The molecule has 1 aromatic heterocycles. The number of rotatable bonds is 3. The van der Waals surface area contributed by atoms with E-state index in [2.05, 4.69) is 42.4 Å². The minimum Gasteiger partial charge on any atom is -0.354 e. The van der Waals surface area contributed by atoms with Crippen LogP contribution in [0.4, 0.5) is 5.82 Å². The quantitative estimate of drug-likeness (QED) is 0.792. The van der Waals surface area contributed by atoms with Crippen molar-refractivity contribution in [3.8, 4) is 0 Å². The summed E-state index contributed by atoms with van der Waals surface area (Å²) in [4.78, 5) is 11.5. The van der Waals surface area contributed by atoms with E-state index in [4.69, 9.17) is 16.6 Å². The summed E-state index contributed by atoms with van der Waals surface area (Å²) in [6, 6.07) is 0. The molecule has 1 aliphatic rings. The summed E-state index contributed by atoms with van der Waals surface area (Å²) in [5, 5.41) is 1.30. The van der Waals surface area contributed by atoms with E-state index in [1.54, 1.807) is 0 Å². The van der Waals surface area contributed by atoms with Crippen LogP contribution in [0.5, 0.6) is 0 Å². The van der Waals surface area contributed by atoms with Crippen molar-refractivity contribution in [1.29, 1.82) is 0 Å². The van der Waals surface area contributed by atoms with Crippen molar-refractivity contribution < 1.29 is 0 Å². The molecule has 1 aliphatic heterocycles. The topological polar surface area (TPSA) is 29.0 Å². The van der Waals surface area contributed by atoms with E-state index in [0.717, 1.165) is 36.0 Å². The largest absolute Gasteiger partial charge is 0.354 e. The number of thioether (sulfide) groups is 1. The Kier molecular flexibility index (Phi) is 4.96. The van der Waals surface area contributed by atoms with E-state index in [1.807, 2.05) is 6.92 Å². The first-order chi connectivity index (χ1) is 9.02. The number of hydrogen-bond acceptors (Lipinski definition) is 4. The molecule has 1 atom stereocenters. The summed E-state index contributed by atoms with van der Waals surface area (Å²) in [5.74, 6) is 3.34. The molecule has 3 nitrogen and oxygen atoms in total. The molecule has 0 saturated carbocycles. The summed E-state index contributed by atoms with van der Waals surface area (Å²) in [5.41, 5.74) is 1.01. The maximum absolute atomic E-state index is 6.27. The lowest BCUT2D eigenvalue weighted by Gasteiger charge is -2.34. The van der Waals surface area contributed by atoms with Gasteiger partial charge in [-0.3, -0.25) is 0 Å². The van der Waals surface area contributed by atoms with Gasteiger partial charge in [-0.15, -0.1) is 0 Å². The highest BCUT2D eigenvalue weighted by molar-refractivity contribution is 8.00. The second-order valence-electron chi connectivity index (χ2n) is 5.32. The first-order valence-corrected chi connectivity index (χ1v) is 8.36. The molecule has 5 heteroatoms. The van der Waals surface area contributed by atoms with Crippen molar-refractivity contribution in [2.75, 3.05) is 23.7 Å². The van der Waals surface area contributed by atoms with E-state index in [1.165, 1.54) is 6.42 Å². The molecule has 1 saturated heterocycles. The van der Waals surface area contributed by atoms with Gasteiger partial charge in [0.1, 0.15) is 16.8 Å². The minimum atomic E-state index is 0.304. The second kappa shape index (κ2) is 6.31. The summed E-state index contributed by atoms with van der Waals surface area (Å²) < 4.78 is 0. The van der Waals surface area contributed by atoms with Gasteiger partial charge in [-0.2, -0.15) is 11.8 Å². The zero-order valence-electron chi connectivity index (χ0n) is 12.1. The number of anilines is 1. The Hall–Kier alpha value is -0.480. The highest BCUT2D eigenvalue weighted by Gasteiger charge is 2.23. The van der Waals surface area contributed by atoms with Crippen LogP contribution in [0.25, 0.3) is 0 Å². The van der Waals surface area contributed by atoms with E-state index in [-0.39, 0.29) is 0 Å². The van der Waals surface area contributed by atoms with Gasteiger partial charge in [0.05, 0.1) is 0 Å². The number of aromatic nitrogens is 2. The summed E-state index contributed by atoms with van der Waals surface area (Å²) >= 11 is 8.33. The van der Waals surface area contributed by atoms with Crippen LogP contribution in [0.15, 0.2) is 0 Å². The van der Waals surface area contributed by atoms with Crippen LogP contribution in [-0.4, -0.2) is 34.1 Å². The van der Waals surface area contributed by atoms with E-state index < -0.39 is 0 Å². The highest BCUT2D eigenvalue weighted by atomic mass is 35.5. The predicted molar refractivity (Wildman–Crippen MR) is 84.6 cm³/mol. The van der Waals surface area contributed by atoms with Crippen LogP contribution >= 0.6 is 23.4 Å². The monoisotopic (exact) mass is 299 g/mol. The smallest absolute Gasteiger partial charge is 0.137 e. The van der Waals surface area contributed by atoms with Crippen molar-refractivity contribution in [1.82, 2.24) is 9.97 Å². The van der Waals surface area contributed by atoms with Gasteiger partial charge in [0.25, 0.3) is 0 Å². The fraction of sp³-hybridized carbons (Fsp3) is 0.714. The van der Waals surface area contributed by atoms with Crippen molar-refractivity contribution in [3.05, 3.63) is 16.5 Å². The molecule has 2 rings (SSSR count). The van der Waals surface area contributed by atoms with Crippen molar-refractivity contribution in [3.63, 3.8) is 0 Å². The molecule has 1 aromatic rings. The van der Waals surface area contributed by atoms with Gasteiger partial charge >= 0.3 is 0 Å². The fourth-order valence-corrected chi connectivity index (χ4v) is 3.57.